The van der Waals surface area contributed by atoms with Gasteiger partial charge in [0.2, 0.25) is 5.91 Å². The van der Waals surface area contributed by atoms with Crippen LogP contribution >= 0.6 is 0 Å². The van der Waals surface area contributed by atoms with Crippen molar-refractivity contribution in [3.8, 4) is 0 Å². The number of carbonyl (C=O) groups excluding carboxylic acids is 1. The van der Waals surface area contributed by atoms with Gasteiger partial charge in [-0.2, -0.15) is 0 Å². The first-order valence-corrected chi connectivity index (χ1v) is 12.0. The van der Waals surface area contributed by atoms with Crippen molar-refractivity contribution in [1.29, 1.82) is 0 Å². The van der Waals surface area contributed by atoms with E-state index in [0.29, 0.717) is 18.2 Å². The first kappa shape index (κ1) is 22.4. The van der Waals surface area contributed by atoms with Gasteiger partial charge in [0.25, 0.3) is 0 Å². The summed E-state index contributed by atoms with van der Waals surface area (Å²) in [5.74, 6) is 2.83. The van der Waals surface area contributed by atoms with Gasteiger partial charge in [0, 0.05) is 64.0 Å². The van der Waals surface area contributed by atoms with E-state index >= 15 is 0 Å². The molecule has 0 saturated carbocycles. The van der Waals surface area contributed by atoms with Crippen molar-refractivity contribution < 1.29 is 4.79 Å². The van der Waals surface area contributed by atoms with Crippen molar-refractivity contribution in [2.24, 2.45) is 5.92 Å². The van der Waals surface area contributed by atoms with Crippen LogP contribution in [-0.4, -0.2) is 66.6 Å². The smallest absolute Gasteiger partial charge is 0.222 e. The second-order valence-corrected chi connectivity index (χ2v) is 8.92. The number of aromatic nitrogens is 2. The maximum Gasteiger partial charge on any atom is 0.222 e. The fourth-order valence-corrected chi connectivity index (χ4v) is 4.85. The van der Waals surface area contributed by atoms with E-state index in [1.54, 1.807) is 6.33 Å². The summed E-state index contributed by atoms with van der Waals surface area (Å²) >= 11 is 0. The Morgan fingerprint density at radius 2 is 1.78 bits per heavy atom. The van der Waals surface area contributed by atoms with Gasteiger partial charge in [-0.3, -0.25) is 4.79 Å². The number of nitrogens with zero attached hydrogens (tertiary/aromatic N) is 5. The lowest BCUT2D eigenvalue weighted by Gasteiger charge is -2.37. The molecule has 172 valence electrons. The summed E-state index contributed by atoms with van der Waals surface area (Å²) in [7, 11) is 0. The Morgan fingerprint density at radius 3 is 2.50 bits per heavy atom. The third kappa shape index (κ3) is 5.50. The minimum Gasteiger partial charge on any atom is -0.370 e. The molecule has 1 amide bonds. The Labute approximate surface area is 191 Å². The average Bonchev–Trinajstić information content (AvgIpc) is 2.84. The highest BCUT2D eigenvalue weighted by Crippen LogP contribution is 2.26. The molecule has 3 heterocycles. The highest BCUT2D eigenvalue weighted by molar-refractivity contribution is 5.76. The van der Waals surface area contributed by atoms with Crippen LogP contribution in [0.2, 0.25) is 0 Å². The Kier molecular flexibility index (Phi) is 7.45. The SMILES string of the molecule is CCNc1cc(N2CCC(CCC(=O)N3CCN(c4ccccc4C)CC3)CC2)ncn1. The van der Waals surface area contributed by atoms with Gasteiger partial charge in [0.05, 0.1) is 0 Å². The molecular formula is C25H36N6O. The molecule has 1 aromatic heterocycles. The summed E-state index contributed by atoms with van der Waals surface area (Å²) in [4.78, 5) is 28.3. The number of aryl methyl sites for hydroxylation is 1. The molecule has 0 radical (unpaired) electrons. The van der Waals surface area contributed by atoms with Gasteiger partial charge >= 0.3 is 0 Å². The van der Waals surface area contributed by atoms with Gasteiger partial charge in [-0.15, -0.1) is 0 Å². The van der Waals surface area contributed by atoms with Crippen LogP contribution in [0, 0.1) is 12.8 Å². The lowest BCUT2D eigenvalue weighted by Crippen LogP contribution is -2.49. The van der Waals surface area contributed by atoms with Crippen LogP contribution in [0.15, 0.2) is 36.7 Å². The predicted octanol–water partition coefficient (Wildman–Crippen LogP) is 3.56. The van der Waals surface area contributed by atoms with Crippen molar-refractivity contribution in [2.45, 2.75) is 39.5 Å². The zero-order chi connectivity index (χ0) is 22.3. The van der Waals surface area contributed by atoms with E-state index in [1.165, 1.54) is 11.3 Å². The monoisotopic (exact) mass is 436 g/mol. The van der Waals surface area contributed by atoms with Gasteiger partial charge < -0.3 is 20.0 Å². The average molecular weight is 437 g/mol. The first-order valence-electron chi connectivity index (χ1n) is 12.0. The summed E-state index contributed by atoms with van der Waals surface area (Å²) in [6.07, 6.45) is 5.55. The lowest BCUT2D eigenvalue weighted by molar-refractivity contribution is -0.131. The van der Waals surface area contributed by atoms with E-state index in [9.17, 15) is 4.79 Å². The number of piperazine rings is 1. The van der Waals surface area contributed by atoms with E-state index in [2.05, 4.69) is 68.1 Å². The summed E-state index contributed by atoms with van der Waals surface area (Å²) in [6, 6.07) is 10.5. The molecule has 32 heavy (non-hydrogen) atoms. The fraction of sp³-hybridized carbons (Fsp3) is 0.560. The number of amides is 1. The number of piperidine rings is 1. The maximum atomic E-state index is 12.8. The number of hydrogen-bond donors (Lipinski definition) is 1. The zero-order valence-corrected chi connectivity index (χ0v) is 19.5. The van der Waals surface area contributed by atoms with Gasteiger partial charge in [0.1, 0.15) is 18.0 Å². The molecule has 0 unspecified atom stereocenters. The predicted molar refractivity (Wildman–Crippen MR) is 130 cm³/mol. The number of anilines is 3. The van der Waals surface area contributed by atoms with Crippen LogP contribution in [0.25, 0.3) is 0 Å². The molecule has 1 aromatic carbocycles. The third-order valence-electron chi connectivity index (χ3n) is 6.80. The van der Waals surface area contributed by atoms with Crippen LogP contribution in [0.4, 0.5) is 17.3 Å². The quantitative estimate of drug-likeness (QED) is 0.716. The first-order chi connectivity index (χ1) is 15.6. The second kappa shape index (κ2) is 10.7. The molecule has 7 heteroatoms. The minimum absolute atomic E-state index is 0.322. The normalized spacial score (nSPS) is 17.5. The largest absolute Gasteiger partial charge is 0.370 e. The molecule has 2 aliphatic rings. The molecule has 2 aromatic rings. The number of rotatable bonds is 7. The number of para-hydroxylation sites is 1. The van der Waals surface area contributed by atoms with Gasteiger partial charge in [-0.25, -0.2) is 9.97 Å². The number of nitrogens with one attached hydrogen (secondary N) is 1. The van der Waals surface area contributed by atoms with E-state index in [4.69, 9.17) is 0 Å². The fourth-order valence-electron chi connectivity index (χ4n) is 4.85. The molecular weight excluding hydrogens is 400 g/mol. The standard InChI is InChI=1S/C25H36N6O/c1-3-26-23-18-24(28-19-27-23)30-12-10-21(11-13-30)8-9-25(32)31-16-14-29(15-17-31)22-7-5-4-6-20(22)2/h4-7,18-19,21H,3,8-17H2,1-2H3,(H,26,27,28). The van der Waals surface area contributed by atoms with Gasteiger partial charge in [0.15, 0.2) is 0 Å². The molecule has 7 nitrogen and oxygen atoms in total. The number of benzene rings is 1. The van der Waals surface area contributed by atoms with Crippen LogP contribution in [0.3, 0.4) is 0 Å². The maximum absolute atomic E-state index is 12.8. The number of carbonyl (C=O) groups is 1. The summed E-state index contributed by atoms with van der Waals surface area (Å²) in [6.45, 7) is 10.6. The molecule has 2 fully saturated rings. The topological polar surface area (TPSA) is 64.6 Å². The molecule has 0 spiro atoms. The highest BCUT2D eigenvalue weighted by atomic mass is 16.2. The van der Waals surface area contributed by atoms with Crippen molar-refractivity contribution in [2.75, 3.05) is 60.9 Å². The Balaban J connectivity index is 1.19. The van der Waals surface area contributed by atoms with E-state index in [-0.39, 0.29) is 0 Å². The lowest BCUT2D eigenvalue weighted by atomic mass is 9.92. The van der Waals surface area contributed by atoms with E-state index in [0.717, 1.165) is 76.7 Å². The van der Waals surface area contributed by atoms with Crippen molar-refractivity contribution in [3.63, 3.8) is 0 Å². The minimum atomic E-state index is 0.322. The summed E-state index contributed by atoms with van der Waals surface area (Å²) in [5.41, 5.74) is 2.60. The number of hydrogen-bond acceptors (Lipinski definition) is 6. The van der Waals surface area contributed by atoms with Gasteiger partial charge in [-0.1, -0.05) is 18.2 Å². The van der Waals surface area contributed by atoms with Gasteiger partial charge in [-0.05, 0) is 50.7 Å². The molecule has 0 aliphatic carbocycles. The molecule has 0 atom stereocenters. The highest BCUT2D eigenvalue weighted by Gasteiger charge is 2.25. The summed E-state index contributed by atoms with van der Waals surface area (Å²) < 4.78 is 0. The van der Waals surface area contributed by atoms with Crippen LogP contribution in [0.5, 0.6) is 0 Å². The van der Waals surface area contributed by atoms with Crippen LogP contribution < -0.4 is 15.1 Å². The van der Waals surface area contributed by atoms with E-state index in [1.807, 2.05) is 6.07 Å². The zero-order valence-electron chi connectivity index (χ0n) is 19.5. The Morgan fingerprint density at radius 1 is 1.03 bits per heavy atom. The van der Waals surface area contributed by atoms with Crippen LogP contribution in [-0.2, 0) is 4.79 Å². The molecule has 4 rings (SSSR count). The van der Waals surface area contributed by atoms with E-state index < -0.39 is 0 Å². The molecule has 0 bridgehead atoms. The van der Waals surface area contributed by atoms with Crippen molar-refractivity contribution in [1.82, 2.24) is 14.9 Å². The Bertz CT molecular complexity index is 888. The Hall–Kier alpha value is -2.83. The van der Waals surface area contributed by atoms with Crippen LogP contribution in [0.1, 0.15) is 38.2 Å². The van der Waals surface area contributed by atoms with Crippen molar-refractivity contribution >= 4 is 23.2 Å². The molecule has 2 aliphatic heterocycles. The summed E-state index contributed by atoms with van der Waals surface area (Å²) in [5, 5.41) is 3.25. The third-order valence-corrected chi connectivity index (χ3v) is 6.80. The second-order valence-electron chi connectivity index (χ2n) is 8.92. The molecule has 2 saturated heterocycles. The van der Waals surface area contributed by atoms with Crippen molar-refractivity contribution in [3.05, 3.63) is 42.2 Å². The molecule has 1 N–H and O–H groups in total.